The highest BCUT2D eigenvalue weighted by atomic mass is 79.9. The molecule has 0 fully saturated rings. The summed E-state index contributed by atoms with van der Waals surface area (Å²) >= 11 is 9.23. The molecule has 0 heterocycles. The highest BCUT2D eigenvalue weighted by Gasteiger charge is 2.10. The Morgan fingerprint density at radius 1 is 1.05 bits per heavy atom. The molecule has 0 atom stereocenters. The Morgan fingerprint density at radius 3 is 2.45 bits per heavy atom. The quantitative estimate of drug-likeness (QED) is 0.667. The molecule has 0 saturated heterocycles. The molecule has 0 amide bonds. The Kier molecular flexibility index (Phi) is 6.02. The summed E-state index contributed by atoms with van der Waals surface area (Å²) in [7, 11) is 0. The zero-order valence-corrected chi connectivity index (χ0v) is 13.4. The van der Waals surface area contributed by atoms with Crippen molar-refractivity contribution in [1.29, 1.82) is 0 Å². The smallest absolute Gasteiger partial charge is 0.129 e. The van der Waals surface area contributed by atoms with E-state index in [-0.39, 0.29) is 5.82 Å². The predicted octanol–water partition coefficient (Wildman–Crippen LogP) is 4.88. The molecule has 0 radical (unpaired) electrons. The summed E-state index contributed by atoms with van der Waals surface area (Å²) in [5.41, 5.74) is 1.90. The van der Waals surface area contributed by atoms with Crippen molar-refractivity contribution in [2.24, 2.45) is 0 Å². The molecule has 2 rings (SSSR count). The van der Waals surface area contributed by atoms with Crippen molar-refractivity contribution < 1.29 is 4.39 Å². The lowest BCUT2D eigenvalue weighted by Gasteiger charge is -2.22. The molecule has 4 heteroatoms. The Bertz CT molecular complexity index is 547. The Morgan fingerprint density at radius 2 is 1.80 bits per heavy atom. The first-order valence-electron chi connectivity index (χ1n) is 6.45. The molecule has 0 aliphatic rings. The summed E-state index contributed by atoms with van der Waals surface area (Å²) in [6.45, 7) is 2.23. The first-order valence-corrected chi connectivity index (χ1v) is 7.95. The van der Waals surface area contributed by atoms with Gasteiger partial charge >= 0.3 is 0 Å². The van der Waals surface area contributed by atoms with E-state index in [1.54, 1.807) is 12.1 Å². The topological polar surface area (TPSA) is 3.24 Å². The van der Waals surface area contributed by atoms with Gasteiger partial charge in [-0.3, -0.25) is 4.90 Å². The van der Waals surface area contributed by atoms with Crippen molar-refractivity contribution in [2.75, 3.05) is 11.9 Å². The first kappa shape index (κ1) is 15.5. The van der Waals surface area contributed by atoms with Crippen molar-refractivity contribution in [2.45, 2.75) is 13.1 Å². The third kappa shape index (κ3) is 4.58. The fourth-order valence-corrected chi connectivity index (χ4v) is 2.73. The molecule has 0 N–H and O–H groups in total. The molecule has 1 nitrogen and oxygen atoms in total. The summed E-state index contributed by atoms with van der Waals surface area (Å²) in [6, 6.07) is 15.1. The van der Waals surface area contributed by atoms with Crippen LogP contribution in [-0.4, -0.2) is 16.8 Å². The van der Waals surface area contributed by atoms with E-state index in [4.69, 9.17) is 11.6 Å². The third-order valence-corrected chi connectivity index (χ3v) is 3.65. The average Bonchev–Trinajstić information content (AvgIpc) is 2.43. The summed E-state index contributed by atoms with van der Waals surface area (Å²) in [6.07, 6.45) is 0. The zero-order chi connectivity index (χ0) is 14.4. The fourth-order valence-electron chi connectivity index (χ4n) is 2.07. The van der Waals surface area contributed by atoms with Crippen molar-refractivity contribution >= 4 is 27.5 Å². The second-order valence-electron chi connectivity index (χ2n) is 4.62. The van der Waals surface area contributed by atoms with Crippen LogP contribution in [0.5, 0.6) is 0 Å². The van der Waals surface area contributed by atoms with Crippen molar-refractivity contribution in [3.63, 3.8) is 0 Å². The van der Waals surface area contributed by atoms with E-state index in [0.717, 1.165) is 18.4 Å². The first-order chi connectivity index (χ1) is 9.69. The predicted molar refractivity (Wildman–Crippen MR) is 85.8 cm³/mol. The monoisotopic (exact) mass is 355 g/mol. The molecule has 0 aliphatic heterocycles. The third-order valence-electron chi connectivity index (χ3n) is 3.06. The van der Waals surface area contributed by atoms with Crippen molar-refractivity contribution in [1.82, 2.24) is 4.90 Å². The average molecular weight is 357 g/mol. The van der Waals surface area contributed by atoms with Crippen LogP contribution in [0.3, 0.4) is 0 Å². The number of hydrogen-bond donors (Lipinski definition) is 0. The second-order valence-corrected chi connectivity index (χ2v) is 5.85. The highest BCUT2D eigenvalue weighted by Crippen LogP contribution is 2.17. The lowest BCUT2D eigenvalue weighted by molar-refractivity contribution is 0.270. The standard InChI is InChI=1S/C16H16BrClFN/c17-8-9-20(11-13-4-2-1-3-5-13)12-14-6-7-15(18)10-16(14)19/h1-7,10H,8-9,11-12H2. The van der Waals surface area contributed by atoms with Crippen LogP contribution in [-0.2, 0) is 13.1 Å². The minimum atomic E-state index is -0.245. The SMILES string of the molecule is Fc1cc(Cl)ccc1CN(CCBr)Cc1ccccc1. The molecular weight excluding hydrogens is 341 g/mol. The maximum Gasteiger partial charge on any atom is 0.129 e. The van der Waals surface area contributed by atoms with Crippen LogP contribution in [0.1, 0.15) is 11.1 Å². The number of benzene rings is 2. The van der Waals surface area contributed by atoms with Gasteiger partial charge in [0.2, 0.25) is 0 Å². The number of hydrogen-bond acceptors (Lipinski definition) is 1. The molecule has 0 bridgehead atoms. The van der Waals surface area contributed by atoms with E-state index < -0.39 is 0 Å². The molecule has 0 saturated carbocycles. The van der Waals surface area contributed by atoms with Gasteiger partial charge in [-0.15, -0.1) is 0 Å². The van der Waals surface area contributed by atoms with Gasteiger partial charge in [0.25, 0.3) is 0 Å². The maximum atomic E-state index is 13.9. The minimum absolute atomic E-state index is 0.245. The number of rotatable bonds is 6. The summed E-state index contributed by atoms with van der Waals surface area (Å²) in [4.78, 5) is 2.20. The maximum absolute atomic E-state index is 13.9. The summed E-state index contributed by atoms with van der Waals surface area (Å²) < 4.78 is 13.9. The highest BCUT2D eigenvalue weighted by molar-refractivity contribution is 9.09. The van der Waals surface area contributed by atoms with Gasteiger partial charge in [0, 0.05) is 35.6 Å². The van der Waals surface area contributed by atoms with Crippen LogP contribution in [0.2, 0.25) is 5.02 Å². The van der Waals surface area contributed by atoms with Crippen LogP contribution >= 0.6 is 27.5 Å². The van der Waals surface area contributed by atoms with E-state index in [2.05, 4.69) is 33.0 Å². The Labute approximate surface area is 132 Å². The Balaban J connectivity index is 2.09. The van der Waals surface area contributed by atoms with Crippen LogP contribution in [0.25, 0.3) is 0 Å². The molecule has 0 spiro atoms. The van der Waals surface area contributed by atoms with Crippen LogP contribution in [0.15, 0.2) is 48.5 Å². The number of alkyl halides is 1. The van der Waals surface area contributed by atoms with Gasteiger partial charge in [-0.1, -0.05) is 63.9 Å². The molecule has 2 aromatic rings. The van der Waals surface area contributed by atoms with Gasteiger partial charge in [0.1, 0.15) is 5.82 Å². The van der Waals surface area contributed by atoms with Gasteiger partial charge in [0.15, 0.2) is 0 Å². The van der Waals surface area contributed by atoms with Gasteiger partial charge in [0.05, 0.1) is 0 Å². The largest absolute Gasteiger partial charge is 0.294 e. The molecular formula is C16H16BrClFN. The van der Waals surface area contributed by atoms with E-state index >= 15 is 0 Å². The van der Waals surface area contributed by atoms with Crippen molar-refractivity contribution in [3.05, 3.63) is 70.5 Å². The molecule has 0 aliphatic carbocycles. The molecule has 2 aromatic carbocycles. The van der Waals surface area contributed by atoms with Crippen molar-refractivity contribution in [3.8, 4) is 0 Å². The van der Waals surface area contributed by atoms with Crippen LogP contribution in [0, 0.1) is 5.82 Å². The molecule has 0 aromatic heterocycles. The minimum Gasteiger partial charge on any atom is -0.294 e. The zero-order valence-electron chi connectivity index (χ0n) is 11.0. The van der Waals surface area contributed by atoms with E-state index in [9.17, 15) is 4.39 Å². The lowest BCUT2D eigenvalue weighted by atomic mass is 10.1. The van der Waals surface area contributed by atoms with Gasteiger partial charge in [-0.05, 0) is 17.7 Å². The Hall–Kier alpha value is -0.900. The van der Waals surface area contributed by atoms with E-state index in [0.29, 0.717) is 17.1 Å². The van der Waals surface area contributed by atoms with Crippen LogP contribution < -0.4 is 0 Å². The molecule has 0 unspecified atom stereocenters. The molecule has 20 heavy (non-hydrogen) atoms. The lowest BCUT2D eigenvalue weighted by Crippen LogP contribution is -2.25. The van der Waals surface area contributed by atoms with Gasteiger partial charge < -0.3 is 0 Å². The van der Waals surface area contributed by atoms with Gasteiger partial charge in [-0.25, -0.2) is 4.39 Å². The van der Waals surface area contributed by atoms with E-state index in [1.807, 2.05) is 18.2 Å². The molecule has 106 valence electrons. The summed E-state index contributed by atoms with van der Waals surface area (Å²) in [5.74, 6) is -0.245. The van der Waals surface area contributed by atoms with Crippen LogP contribution in [0.4, 0.5) is 4.39 Å². The second kappa shape index (κ2) is 7.77. The van der Waals surface area contributed by atoms with E-state index in [1.165, 1.54) is 11.6 Å². The number of halogens is 3. The fraction of sp³-hybridized carbons (Fsp3) is 0.250. The summed E-state index contributed by atoms with van der Waals surface area (Å²) in [5, 5.41) is 1.29. The number of nitrogens with zero attached hydrogens (tertiary/aromatic N) is 1. The van der Waals surface area contributed by atoms with Gasteiger partial charge in [-0.2, -0.15) is 0 Å². The normalized spacial score (nSPS) is 11.0.